The summed E-state index contributed by atoms with van der Waals surface area (Å²) in [5, 5.41) is 10.2. The van der Waals surface area contributed by atoms with Crippen LogP contribution >= 0.6 is 23.7 Å². The van der Waals surface area contributed by atoms with E-state index in [0.29, 0.717) is 13.2 Å². The van der Waals surface area contributed by atoms with Crippen molar-refractivity contribution in [1.82, 2.24) is 4.98 Å². The number of nitrogens with two attached hydrogens (primary N) is 1. The molecule has 2 aromatic rings. The van der Waals surface area contributed by atoms with Crippen molar-refractivity contribution in [3.8, 4) is 22.4 Å². The van der Waals surface area contributed by atoms with Gasteiger partial charge in [0.1, 0.15) is 17.4 Å². The molecule has 116 valence electrons. The van der Waals surface area contributed by atoms with Crippen LogP contribution in [0.3, 0.4) is 0 Å². The summed E-state index contributed by atoms with van der Waals surface area (Å²) in [5.41, 5.74) is 6.40. The molecule has 0 spiro atoms. The number of nitrogens with zero attached hydrogens (tertiary/aromatic N) is 2. The normalized spacial score (nSPS) is 15.3. The van der Waals surface area contributed by atoms with Crippen LogP contribution in [-0.4, -0.2) is 11.6 Å². The second kappa shape index (κ2) is 7.10. The lowest BCUT2D eigenvalue weighted by Crippen LogP contribution is -2.34. The van der Waals surface area contributed by atoms with E-state index >= 15 is 0 Å². The van der Waals surface area contributed by atoms with Crippen molar-refractivity contribution in [2.75, 3.05) is 6.61 Å². The third kappa shape index (κ3) is 3.41. The summed E-state index contributed by atoms with van der Waals surface area (Å²) in [6.07, 6.45) is 4.84. The highest BCUT2D eigenvalue weighted by Gasteiger charge is 2.38. The Hall–Kier alpha value is -1.61. The Morgan fingerprint density at radius 1 is 1.32 bits per heavy atom. The number of hydrogen-bond donors (Lipinski definition) is 1. The summed E-state index contributed by atoms with van der Waals surface area (Å²) in [4.78, 5) is 5.44. The molecule has 2 N–H and O–H groups in total. The van der Waals surface area contributed by atoms with Gasteiger partial charge in [-0.2, -0.15) is 5.26 Å². The predicted molar refractivity (Wildman–Crippen MR) is 90.1 cm³/mol. The lowest BCUT2D eigenvalue weighted by atomic mass is 9.71. The topological polar surface area (TPSA) is 71.9 Å². The second-order valence-electron chi connectivity index (χ2n) is 5.39. The third-order valence-electron chi connectivity index (χ3n) is 3.92. The quantitative estimate of drug-likeness (QED) is 0.902. The molecule has 0 aliphatic heterocycles. The number of benzene rings is 1. The molecule has 1 heterocycles. The molecule has 1 aliphatic rings. The van der Waals surface area contributed by atoms with Gasteiger partial charge in [0.05, 0.1) is 11.5 Å². The molecule has 0 bridgehead atoms. The molecule has 1 aromatic heterocycles. The molecular formula is C16H18ClN3OS. The predicted octanol–water partition coefficient (Wildman–Crippen LogP) is 3.76. The van der Waals surface area contributed by atoms with Crippen LogP contribution in [0.25, 0.3) is 10.6 Å². The molecule has 0 atom stereocenters. The minimum absolute atomic E-state index is 0. The first-order valence-corrected chi connectivity index (χ1v) is 7.86. The molecular weight excluding hydrogens is 318 g/mol. The van der Waals surface area contributed by atoms with E-state index in [1.807, 2.05) is 30.5 Å². The first-order valence-electron chi connectivity index (χ1n) is 7.04. The van der Waals surface area contributed by atoms with Gasteiger partial charge in [0.25, 0.3) is 0 Å². The molecule has 1 fully saturated rings. The summed E-state index contributed by atoms with van der Waals surface area (Å²) in [6.45, 7) is 1.01. The first kappa shape index (κ1) is 16.8. The van der Waals surface area contributed by atoms with Crippen molar-refractivity contribution in [1.29, 1.82) is 5.26 Å². The lowest BCUT2D eigenvalue weighted by Gasteiger charge is -2.34. The van der Waals surface area contributed by atoms with E-state index in [4.69, 9.17) is 10.5 Å². The zero-order chi connectivity index (χ0) is 14.7. The van der Waals surface area contributed by atoms with Crippen molar-refractivity contribution in [3.63, 3.8) is 0 Å². The van der Waals surface area contributed by atoms with Crippen molar-refractivity contribution in [2.24, 2.45) is 11.1 Å². The van der Waals surface area contributed by atoms with Crippen LogP contribution in [-0.2, 0) is 6.54 Å². The Balaban J connectivity index is 0.00000176. The maximum Gasteiger partial charge on any atom is 0.123 e. The molecule has 3 rings (SSSR count). The van der Waals surface area contributed by atoms with E-state index in [0.717, 1.165) is 40.5 Å². The van der Waals surface area contributed by atoms with Crippen LogP contribution in [0.2, 0.25) is 0 Å². The average Bonchev–Trinajstić information content (AvgIpc) is 2.96. The summed E-state index contributed by atoms with van der Waals surface area (Å²) < 4.78 is 5.76. The first-order chi connectivity index (χ1) is 10.2. The van der Waals surface area contributed by atoms with E-state index in [1.54, 1.807) is 11.3 Å². The molecule has 0 amide bonds. The maximum atomic E-state index is 9.19. The number of ether oxygens (including phenoxy) is 1. The van der Waals surface area contributed by atoms with Crippen LogP contribution in [0.4, 0.5) is 0 Å². The van der Waals surface area contributed by atoms with Gasteiger partial charge < -0.3 is 10.5 Å². The Morgan fingerprint density at radius 2 is 2.05 bits per heavy atom. The second-order valence-corrected chi connectivity index (χ2v) is 6.51. The number of hydrogen-bond acceptors (Lipinski definition) is 5. The standard InChI is InChI=1S/C16H17N3OS.ClH/c17-8-14-9-19-15(21-14)12-2-4-13(5-3-12)20-11-16(10-18)6-1-7-16;/h2-5,9H,1,6-8,11,17H2;1H. The molecule has 0 saturated heterocycles. The van der Waals surface area contributed by atoms with Gasteiger partial charge in [-0.25, -0.2) is 4.98 Å². The summed E-state index contributed by atoms with van der Waals surface area (Å²) in [6, 6.07) is 10.2. The van der Waals surface area contributed by atoms with Crippen LogP contribution in [0.5, 0.6) is 5.75 Å². The molecule has 0 radical (unpaired) electrons. The average molecular weight is 336 g/mol. The smallest absolute Gasteiger partial charge is 0.123 e. The third-order valence-corrected chi connectivity index (χ3v) is 4.99. The number of halogens is 1. The lowest BCUT2D eigenvalue weighted by molar-refractivity contribution is 0.115. The van der Waals surface area contributed by atoms with Crippen molar-refractivity contribution < 1.29 is 4.74 Å². The van der Waals surface area contributed by atoms with Gasteiger partial charge in [0, 0.05) is 23.2 Å². The highest BCUT2D eigenvalue weighted by Crippen LogP contribution is 2.40. The van der Waals surface area contributed by atoms with E-state index in [1.165, 1.54) is 0 Å². The van der Waals surface area contributed by atoms with E-state index in [2.05, 4.69) is 11.1 Å². The van der Waals surface area contributed by atoms with E-state index in [-0.39, 0.29) is 17.8 Å². The van der Waals surface area contributed by atoms with Crippen LogP contribution in [0, 0.1) is 16.7 Å². The molecule has 6 heteroatoms. The van der Waals surface area contributed by atoms with Gasteiger partial charge in [-0.1, -0.05) is 6.42 Å². The fraction of sp³-hybridized carbons (Fsp3) is 0.375. The van der Waals surface area contributed by atoms with Gasteiger partial charge in [0.15, 0.2) is 0 Å². The summed E-state index contributed by atoms with van der Waals surface area (Å²) in [7, 11) is 0. The molecule has 0 unspecified atom stereocenters. The number of aromatic nitrogens is 1. The van der Waals surface area contributed by atoms with Gasteiger partial charge in [-0.05, 0) is 37.1 Å². The Bertz CT molecular complexity index is 659. The monoisotopic (exact) mass is 335 g/mol. The van der Waals surface area contributed by atoms with Crippen LogP contribution in [0.15, 0.2) is 30.5 Å². The Kier molecular flexibility index (Phi) is 5.41. The molecule has 1 aliphatic carbocycles. The van der Waals surface area contributed by atoms with Gasteiger partial charge in [0.2, 0.25) is 0 Å². The van der Waals surface area contributed by atoms with E-state index in [9.17, 15) is 5.26 Å². The molecule has 4 nitrogen and oxygen atoms in total. The number of rotatable bonds is 5. The van der Waals surface area contributed by atoms with Gasteiger partial charge in [-0.15, -0.1) is 23.7 Å². The summed E-state index contributed by atoms with van der Waals surface area (Å²) >= 11 is 1.61. The molecule has 1 aromatic carbocycles. The fourth-order valence-electron chi connectivity index (χ4n) is 2.34. The number of nitriles is 1. The Morgan fingerprint density at radius 3 is 2.55 bits per heavy atom. The van der Waals surface area contributed by atoms with Gasteiger partial charge in [-0.3, -0.25) is 0 Å². The van der Waals surface area contributed by atoms with Crippen LogP contribution < -0.4 is 10.5 Å². The fourth-order valence-corrected chi connectivity index (χ4v) is 3.14. The largest absolute Gasteiger partial charge is 0.492 e. The minimum Gasteiger partial charge on any atom is -0.492 e. The SMILES string of the molecule is Cl.N#CC1(COc2ccc(-c3ncc(CN)s3)cc2)CCC1. The van der Waals surface area contributed by atoms with Crippen LogP contribution in [0.1, 0.15) is 24.1 Å². The summed E-state index contributed by atoms with van der Waals surface area (Å²) in [5.74, 6) is 0.802. The van der Waals surface area contributed by atoms with Crippen molar-refractivity contribution >= 4 is 23.7 Å². The van der Waals surface area contributed by atoms with Crippen molar-refractivity contribution in [3.05, 3.63) is 35.3 Å². The zero-order valence-electron chi connectivity index (χ0n) is 12.1. The molecule has 1 saturated carbocycles. The Labute approximate surface area is 140 Å². The van der Waals surface area contributed by atoms with Gasteiger partial charge >= 0.3 is 0 Å². The maximum absolute atomic E-state index is 9.19. The van der Waals surface area contributed by atoms with Crippen molar-refractivity contribution in [2.45, 2.75) is 25.8 Å². The highest BCUT2D eigenvalue weighted by molar-refractivity contribution is 7.15. The number of thiazole rings is 1. The van der Waals surface area contributed by atoms with E-state index < -0.39 is 0 Å². The highest BCUT2D eigenvalue weighted by atomic mass is 35.5. The molecule has 22 heavy (non-hydrogen) atoms. The minimum atomic E-state index is -0.260. The zero-order valence-corrected chi connectivity index (χ0v) is 13.8.